The number of imidazole rings is 1. The van der Waals surface area contributed by atoms with E-state index in [0.717, 1.165) is 12.8 Å². The zero-order valence-electron chi connectivity index (χ0n) is 10.2. The average Bonchev–Trinajstić information content (AvgIpc) is 2.97. The van der Waals surface area contributed by atoms with Crippen molar-refractivity contribution in [3.05, 3.63) is 12.0 Å². The lowest BCUT2D eigenvalue weighted by Gasteiger charge is -2.13. The molecule has 0 radical (unpaired) electrons. The molecule has 1 atom stereocenters. The van der Waals surface area contributed by atoms with Gasteiger partial charge in [-0.15, -0.1) is 0 Å². The first-order chi connectivity index (χ1) is 8.38. The second-order valence-electron chi connectivity index (χ2n) is 4.46. The third-order valence-electron chi connectivity index (χ3n) is 2.62. The van der Waals surface area contributed by atoms with E-state index < -0.39 is 16.1 Å². The fourth-order valence-electron chi connectivity index (χ4n) is 1.44. The summed E-state index contributed by atoms with van der Waals surface area (Å²) in [5.74, 6) is 0.197. The van der Waals surface area contributed by atoms with Crippen LogP contribution in [-0.2, 0) is 14.8 Å². The molecule has 1 fully saturated rings. The summed E-state index contributed by atoms with van der Waals surface area (Å²) in [5, 5.41) is 2.71. The molecular formula is C10H16N4O3S. The maximum absolute atomic E-state index is 11.9. The number of aryl methyl sites for hydroxylation is 1. The molecule has 18 heavy (non-hydrogen) atoms. The van der Waals surface area contributed by atoms with Gasteiger partial charge >= 0.3 is 0 Å². The number of sulfonamides is 1. The number of rotatable bonds is 5. The molecule has 1 aliphatic rings. The predicted molar refractivity (Wildman–Crippen MR) is 64.3 cm³/mol. The molecule has 1 unspecified atom stereocenters. The summed E-state index contributed by atoms with van der Waals surface area (Å²) in [6.07, 6.45) is 3.15. The van der Waals surface area contributed by atoms with Crippen LogP contribution in [0.2, 0.25) is 0 Å². The number of nitrogens with one attached hydrogen (secondary N) is 3. The Labute approximate surface area is 105 Å². The van der Waals surface area contributed by atoms with E-state index >= 15 is 0 Å². The van der Waals surface area contributed by atoms with Crippen LogP contribution >= 0.6 is 0 Å². The molecule has 0 spiro atoms. The average molecular weight is 272 g/mol. The number of amides is 1. The predicted octanol–water partition coefficient (Wildman–Crippen LogP) is -0.336. The number of carbonyl (C=O) groups excluding carboxylic acids is 1. The Hall–Kier alpha value is -1.41. The van der Waals surface area contributed by atoms with Gasteiger partial charge in [-0.2, -0.15) is 4.72 Å². The van der Waals surface area contributed by atoms with Gasteiger partial charge in [0.05, 0.1) is 12.2 Å². The molecule has 0 bridgehead atoms. The van der Waals surface area contributed by atoms with Gasteiger partial charge in [0, 0.05) is 6.04 Å². The van der Waals surface area contributed by atoms with E-state index in [4.69, 9.17) is 0 Å². The van der Waals surface area contributed by atoms with Gasteiger partial charge in [-0.25, -0.2) is 13.4 Å². The highest BCUT2D eigenvalue weighted by molar-refractivity contribution is 7.89. The molecule has 1 amide bonds. The first-order valence-electron chi connectivity index (χ1n) is 5.73. The highest BCUT2D eigenvalue weighted by atomic mass is 32.2. The summed E-state index contributed by atoms with van der Waals surface area (Å²) in [6, 6.07) is -0.599. The second kappa shape index (κ2) is 4.69. The molecule has 1 aromatic heterocycles. The summed E-state index contributed by atoms with van der Waals surface area (Å²) >= 11 is 0. The number of hydrogen-bond acceptors (Lipinski definition) is 4. The van der Waals surface area contributed by atoms with Gasteiger partial charge < -0.3 is 10.3 Å². The Morgan fingerprint density at radius 2 is 2.22 bits per heavy atom. The van der Waals surface area contributed by atoms with Gasteiger partial charge in [0.1, 0.15) is 5.82 Å². The van der Waals surface area contributed by atoms with Gasteiger partial charge in [0.25, 0.3) is 10.0 Å². The molecule has 1 saturated carbocycles. The van der Waals surface area contributed by atoms with Crippen molar-refractivity contribution < 1.29 is 13.2 Å². The summed E-state index contributed by atoms with van der Waals surface area (Å²) < 4.78 is 26.1. The maximum atomic E-state index is 11.9. The van der Waals surface area contributed by atoms with Crippen LogP contribution in [0.4, 0.5) is 0 Å². The summed E-state index contributed by atoms with van der Waals surface area (Å²) in [6.45, 7) is 3.17. The Morgan fingerprint density at radius 3 is 2.72 bits per heavy atom. The number of aromatic nitrogens is 2. The first-order valence-corrected chi connectivity index (χ1v) is 7.21. The zero-order chi connectivity index (χ0) is 13.3. The molecule has 0 aliphatic heterocycles. The Kier molecular flexibility index (Phi) is 3.40. The second-order valence-corrected chi connectivity index (χ2v) is 6.14. The number of hydrogen-bond donors (Lipinski definition) is 3. The first kappa shape index (κ1) is 13.0. The number of nitrogens with zero attached hydrogens (tertiary/aromatic N) is 1. The number of aromatic amines is 1. The summed E-state index contributed by atoms with van der Waals surface area (Å²) in [5.41, 5.74) is 0. The van der Waals surface area contributed by atoms with E-state index in [9.17, 15) is 13.2 Å². The van der Waals surface area contributed by atoms with Gasteiger partial charge in [0.2, 0.25) is 5.91 Å². The summed E-state index contributed by atoms with van der Waals surface area (Å²) in [4.78, 5) is 18.1. The topological polar surface area (TPSA) is 104 Å². The van der Waals surface area contributed by atoms with Gasteiger partial charge in [-0.3, -0.25) is 4.79 Å². The van der Waals surface area contributed by atoms with Crippen molar-refractivity contribution in [2.75, 3.05) is 0 Å². The van der Waals surface area contributed by atoms with Crippen LogP contribution in [0, 0.1) is 6.92 Å². The fraction of sp³-hybridized carbons (Fsp3) is 0.600. The van der Waals surface area contributed by atoms with Crippen LogP contribution in [0.5, 0.6) is 0 Å². The van der Waals surface area contributed by atoms with Crippen LogP contribution in [0.1, 0.15) is 25.6 Å². The monoisotopic (exact) mass is 272 g/mol. The van der Waals surface area contributed by atoms with E-state index in [1.807, 2.05) is 0 Å². The number of carbonyl (C=O) groups is 1. The van der Waals surface area contributed by atoms with E-state index in [1.165, 1.54) is 13.1 Å². The molecule has 1 aliphatic carbocycles. The molecule has 1 aromatic rings. The molecule has 2 rings (SSSR count). The van der Waals surface area contributed by atoms with Gasteiger partial charge in [-0.1, -0.05) is 0 Å². The van der Waals surface area contributed by atoms with E-state index in [1.54, 1.807) is 6.92 Å². The van der Waals surface area contributed by atoms with Crippen molar-refractivity contribution in [1.82, 2.24) is 20.0 Å². The maximum Gasteiger partial charge on any atom is 0.258 e. The molecule has 0 aromatic carbocycles. The lowest BCUT2D eigenvalue weighted by molar-refractivity contribution is -0.122. The summed E-state index contributed by atoms with van der Waals surface area (Å²) in [7, 11) is -3.73. The zero-order valence-corrected chi connectivity index (χ0v) is 11.0. The van der Waals surface area contributed by atoms with Crippen LogP contribution in [0.25, 0.3) is 0 Å². The molecular weight excluding hydrogens is 256 g/mol. The third kappa shape index (κ3) is 3.08. The van der Waals surface area contributed by atoms with Crippen molar-refractivity contribution in [3.8, 4) is 0 Å². The molecule has 1 heterocycles. The van der Waals surface area contributed by atoms with Crippen molar-refractivity contribution in [3.63, 3.8) is 0 Å². The van der Waals surface area contributed by atoms with Crippen molar-refractivity contribution in [2.45, 2.75) is 43.8 Å². The molecule has 0 saturated heterocycles. The third-order valence-corrected chi connectivity index (χ3v) is 4.07. The van der Waals surface area contributed by atoms with Crippen molar-refractivity contribution in [1.29, 1.82) is 0 Å². The Morgan fingerprint density at radius 1 is 1.56 bits per heavy atom. The smallest absolute Gasteiger partial charge is 0.258 e. The lowest BCUT2D eigenvalue weighted by atomic mass is 10.3. The Balaban J connectivity index is 2.00. The van der Waals surface area contributed by atoms with Crippen LogP contribution in [0.15, 0.2) is 11.2 Å². The molecule has 3 N–H and O–H groups in total. The largest absolute Gasteiger partial charge is 0.352 e. The van der Waals surface area contributed by atoms with Crippen LogP contribution in [0.3, 0.4) is 0 Å². The van der Waals surface area contributed by atoms with E-state index in [2.05, 4.69) is 20.0 Å². The molecule has 8 heteroatoms. The Bertz CT molecular complexity index is 547. The highest BCUT2D eigenvalue weighted by Crippen LogP contribution is 2.18. The SMILES string of the molecule is Cc1ncc(S(=O)(=O)NC(C)C(=O)NC2CC2)[nH]1. The van der Waals surface area contributed by atoms with E-state index in [0.29, 0.717) is 5.82 Å². The minimum absolute atomic E-state index is 0.0360. The quantitative estimate of drug-likeness (QED) is 0.682. The molecule has 100 valence electrons. The van der Waals surface area contributed by atoms with Gasteiger partial charge in [0.15, 0.2) is 5.03 Å². The number of H-pyrrole nitrogens is 1. The fourth-order valence-corrected chi connectivity index (χ4v) is 2.61. The van der Waals surface area contributed by atoms with E-state index in [-0.39, 0.29) is 17.0 Å². The lowest BCUT2D eigenvalue weighted by Crippen LogP contribution is -2.45. The molecule has 7 nitrogen and oxygen atoms in total. The minimum atomic E-state index is -3.73. The standard InChI is InChI=1S/C10H16N4O3S/c1-6(10(15)13-8-3-4-8)14-18(16,17)9-5-11-7(2)12-9/h5-6,8,14H,3-4H2,1-2H3,(H,11,12)(H,13,15). The van der Waals surface area contributed by atoms with Crippen LogP contribution < -0.4 is 10.0 Å². The highest BCUT2D eigenvalue weighted by Gasteiger charge is 2.28. The normalized spacial score (nSPS) is 17.4. The van der Waals surface area contributed by atoms with Gasteiger partial charge in [-0.05, 0) is 26.7 Å². The minimum Gasteiger partial charge on any atom is -0.352 e. The van der Waals surface area contributed by atoms with Crippen molar-refractivity contribution >= 4 is 15.9 Å². The van der Waals surface area contributed by atoms with Crippen molar-refractivity contribution in [2.24, 2.45) is 0 Å². The van der Waals surface area contributed by atoms with Crippen LogP contribution in [-0.4, -0.2) is 36.4 Å².